The molecular weight excluding hydrogens is 448 g/mol. The molecule has 0 bridgehead atoms. The second-order valence-corrected chi connectivity index (χ2v) is 12.6. The van der Waals surface area contributed by atoms with Gasteiger partial charge in [-0.2, -0.15) is 0 Å². The standard InChI is InChI=1S/C27H34N2O2S2/c1-17-11-18(2)13-23(12-17)15-24-16-32-27(28-24)29-9-7-25(8-10-29)33(30,31)26-21(5)19(3)14-20(4)22(26)6/h11-14,16,25H,7-10,15H2,1-6H3. The van der Waals surface area contributed by atoms with E-state index in [2.05, 4.69) is 48.4 Å². The van der Waals surface area contributed by atoms with E-state index in [9.17, 15) is 8.42 Å². The Hall–Kier alpha value is -2.18. The van der Waals surface area contributed by atoms with E-state index in [4.69, 9.17) is 4.98 Å². The van der Waals surface area contributed by atoms with Gasteiger partial charge in [0.2, 0.25) is 0 Å². The van der Waals surface area contributed by atoms with Crippen molar-refractivity contribution < 1.29 is 8.42 Å². The summed E-state index contributed by atoms with van der Waals surface area (Å²) in [4.78, 5) is 7.69. The van der Waals surface area contributed by atoms with Crippen molar-refractivity contribution in [3.63, 3.8) is 0 Å². The molecule has 4 rings (SSSR count). The van der Waals surface area contributed by atoms with E-state index >= 15 is 0 Å². The Balaban J connectivity index is 1.47. The quantitative estimate of drug-likeness (QED) is 0.446. The number of hydrogen-bond donors (Lipinski definition) is 0. The smallest absolute Gasteiger partial charge is 0.185 e. The average molecular weight is 483 g/mol. The molecule has 1 aliphatic heterocycles. The molecule has 176 valence electrons. The summed E-state index contributed by atoms with van der Waals surface area (Å²) in [7, 11) is -3.36. The molecule has 0 amide bonds. The number of sulfone groups is 1. The second-order valence-electron chi connectivity index (χ2n) is 9.62. The number of benzene rings is 2. The Morgan fingerprint density at radius 1 is 0.909 bits per heavy atom. The van der Waals surface area contributed by atoms with Gasteiger partial charge in [-0.3, -0.25) is 0 Å². The highest BCUT2D eigenvalue weighted by atomic mass is 32.2. The Morgan fingerprint density at radius 2 is 1.48 bits per heavy atom. The number of piperidine rings is 1. The number of rotatable bonds is 5. The first-order valence-electron chi connectivity index (χ1n) is 11.6. The Labute approximate surface area is 202 Å². The van der Waals surface area contributed by atoms with Gasteiger partial charge in [-0.1, -0.05) is 35.4 Å². The molecule has 3 aromatic rings. The van der Waals surface area contributed by atoms with Crippen LogP contribution >= 0.6 is 11.3 Å². The number of thiazole rings is 1. The van der Waals surface area contributed by atoms with E-state index in [1.165, 1.54) is 16.7 Å². The molecule has 33 heavy (non-hydrogen) atoms. The van der Waals surface area contributed by atoms with E-state index in [0.717, 1.165) is 52.6 Å². The Morgan fingerprint density at radius 3 is 2.06 bits per heavy atom. The molecule has 0 atom stereocenters. The van der Waals surface area contributed by atoms with E-state index in [1.807, 2.05) is 27.7 Å². The monoisotopic (exact) mass is 482 g/mol. The third-order valence-corrected chi connectivity index (χ3v) is 10.4. The van der Waals surface area contributed by atoms with Crippen molar-refractivity contribution in [3.05, 3.63) is 74.3 Å². The maximum atomic E-state index is 13.6. The molecule has 1 saturated heterocycles. The second kappa shape index (κ2) is 9.22. The minimum atomic E-state index is -3.36. The lowest BCUT2D eigenvalue weighted by atomic mass is 10.0. The normalized spacial score (nSPS) is 15.3. The summed E-state index contributed by atoms with van der Waals surface area (Å²) in [6, 6.07) is 8.72. The molecule has 0 unspecified atom stereocenters. The number of hydrogen-bond acceptors (Lipinski definition) is 5. The first kappa shape index (κ1) is 24.0. The molecular formula is C27H34N2O2S2. The molecule has 2 heterocycles. The molecule has 0 N–H and O–H groups in total. The molecule has 0 saturated carbocycles. The number of nitrogens with zero attached hydrogens (tertiary/aromatic N) is 2. The summed E-state index contributed by atoms with van der Waals surface area (Å²) in [5, 5.41) is 2.81. The third kappa shape index (κ3) is 4.87. The van der Waals surface area contributed by atoms with Crippen molar-refractivity contribution >= 4 is 26.3 Å². The molecule has 6 heteroatoms. The van der Waals surface area contributed by atoms with Crippen LogP contribution in [0.4, 0.5) is 5.13 Å². The lowest BCUT2D eigenvalue weighted by Gasteiger charge is -2.32. The van der Waals surface area contributed by atoms with Gasteiger partial charge < -0.3 is 4.90 Å². The summed E-state index contributed by atoms with van der Waals surface area (Å²) >= 11 is 1.66. The zero-order valence-electron chi connectivity index (χ0n) is 20.5. The van der Waals surface area contributed by atoms with Crippen LogP contribution in [0.15, 0.2) is 34.5 Å². The van der Waals surface area contributed by atoms with Gasteiger partial charge in [-0.15, -0.1) is 11.3 Å². The molecule has 4 nitrogen and oxygen atoms in total. The fraction of sp³-hybridized carbons (Fsp3) is 0.444. The van der Waals surface area contributed by atoms with Gasteiger partial charge in [0.15, 0.2) is 15.0 Å². The lowest BCUT2D eigenvalue weighted by Crippen LogP contribution is -2.39. The summed E-state index contributed by atoms with van der Waals surface area (Å²) < 4.78 is 27.2. The van der Waals surface area contributed by atoms with Crippen LogP contribution in [0.5, 0.6) is 0 Å². The van der Waals surface area contributed by atoms with Crippen LogP contribution in [-0.4, -0.2) is 31.7 Å². The average Bonchev–Trinajstić information content (AvgIpc) is 3.20. The van der Waals surface area contributed by atoms with Crippen molar-refractivity contribution in [2.75, 3.05) is 18.0 Å². The number of aromatic nitrogens is 1. The molecule has 1 fully saturated rings. The van der Waals surface area contributed by atoms with Gasteiger partial charge >= 0.3 is 0 Å². The maximum absolute atomic E-state index is 13.6. The topological polar surface area (TPSA) is 50.3 Å². The molecule has 1 aromatic heterocycles. The molecule has 0 radical (unpaired) electrons. The van der Waals surface area contributed by atoms with Crippen LogP contribution in [0.2, 0.25) is 0 Å². The zero-order valence-corrected chi connectivity index (χ0v) is 22.2. The molecule has 0 aliphatic carbocycles. The zero-order chi connectivity index (χ0) is 23.9. The highest BCUT2D eigenvalue weighted by Gasteiger charge is 2.34. The fourth-order valence-corrected chi connectivity index (χ4v) is 8.25. The van der Waals surface area contributed by atoms with Crippen LogP contribution in [0.3, 0.4) is 0 Å². The van der Waals surface area contributed by atoms with Gasteiger partial charge in [0.1, 0.15) is 0 Å². The molecule has 1 aliphatic rings. The Kier molecular flexibility index (Phi) is 6.70. The minimum absolute atomic E-state index is 0.331. The predicted molar refractivity (Wildman–Crippen MR) is 139 cm³/mol. The summed E-state index contributed by atoms with van der Waals surface area (Å²) in [6.07, 6.45) is 2.11. The highest BCUT2D eigenvalue weighted by Crippen LogP contribution is 2.34. The maximum Gasteiger partial charge on any atom is 0.185 e. The summed E-state index contributed by atoms with van der Waals surface area (Å²) in [5.41, 5.74) is 8.81. The van der Waals surface area contributed by atoms with Crippen molar-refractivity contribution in [1.29, 1.82) is 0 Å². The van der Waals surface area contributed by atoms with Crippen LogP contribution in [0.1, 0.15) is 57.5 Å². The van der Waals surface area contributed by atoms with Gasteiger partial charge in [0.25, 0.3) is 0 Å². The fourth-order valence-electron chi connectivity index (χ4n) is 5.03. The Bertz CT molecular complexity index is 1240. The molecule has 2 aromatic carbocycles. The largest absolute Gasteiger partial charge is 0.348 e. The number of aryl methyl sites for hydroxylation is 4. The van der Waals surface area contributed by atoms with Crippen molar-refractivity contribution in [1.82, 2.24) is 4.98 Å². The van der Waals surface area contributed by atoms with Gasteiger partial charge in [-0.25, -0.2) is 13.4 Å². The van der Waals surface area contributed by atoms with Gasteiger partial charge in [0.05, 0.1) is 15.8 Å². The highest BCUT2D eigenvalue weighted by molar-refractivity contribution is 7.92. The predicted octanol–water partition coefficient (Wildman–Crippen LogP) is 6.03. The third-order valence-electron chi connectivity index (χ3n) is 6.94. The summed E-state index contributed by atoms with van der Waals surface area (Å²) in [5.74, 6) is 0. The number of anilines is 1. The summed E-state index contributed by atoms with van der Waals surface area (Å²) in [6.45, 7) is 13.6. The first-order chi connectivity index (χ1) is 15.6. The first-order valence-corrected chi connectivity index (χ1v) is 14.1. The van der Waals surface area contributed by atoms with Crippen molar-refractivity contribution in [2.24, 2.45) is 0 Å². The van der Waals surface area contributed by atoms with Crippen molar-refractivity contribution in [3.8, 4) is 0 Å². The van der Waals surface area contributed by atoms with Crippen LogP contribution in [0.25, 0.3) is 0 Å². The molecule has 0 spiro atoms. The van der Waals surface area contributed by atoms with E-state index in [1.54, 1.807) is 11.3 Å². The van der Waals surface area contributed by atoms with E-state index < -0.39 is 9.84 Å². The van der Waals surface area contributed by atoms with Crippen molar-refractivity contribution in [2.45, 2.75) is 71.0 Å². The van der Waals surface area contributed by atoms with E-state index in [0.29, 0.717) is 17.7 Å². The lowest BCUT2D eigenvalue weighted by molar-refractivity contribution is 0.528. The van der Waals surface area contributed by atoms with Gasteiger partial charge in [-0.05, 0) is 82.2 Å². The van der Waals surface area contributed by atoms with Crippen LogP contribution in [0, 0.1) is 41.5 Å². The van der Waals surface area contributed by atoms with Crippen LogP contribution in [-0.2, 0) is 16.3 Å². The van der Waals surface area contributed by atoms with E-state index in [-0.39, 0.29) is 5.25 Å². The minimum Gasteiger partial charge on any atom is -0.348 e. The van der Waals surface area contributed by atoms with Gasteiger partial charge in [0, 0.05) is 24.9 Å². The van der Waals surface area contributed by atoms with Crippen LogP contribution < -0.4 is 4.90 Å². The SMILES string of the molecule is Cc1cc(C)cc(Cc2csc(N3CCC(S(=O)(=O)c4c(C)c(C)cc(C)c4C)CC3)n2)c1.